The van der Waals surface area contributed by atoms with Crippen molar-refractivity contribution >= 4 is 11.7 Å². The van der Waals surface area contributed by atoms with E-state index in [2.05, 4.69) is 5.32 Å². The molecule has 3 heteroatoms. The Kier molecular flexibility index (Phi) is 4.54. The van der Waals surface area contributed by atoms with E-state index in [9.17, 15) is 9.59 Å². The normalized spacial score (nSPS) is 9.67. The van der Waals surface area contributed by atoms with E-state index < -0.39 is 0 Å². The van der Waals surface area contributed by atoms with Gasteiger partial charge >= 0.3 is 0 Å². The van der Waals surface area contributed by atoms with Crippen molar-refractivity contribution in [1.82, 2.24) is 5.32 Å². The van der Waals surface area contributed by atoms with Gasteiger partial charge < -0.3 is 10.1 Å². The fourth-order valence-electron chi connectivity index (χ4n) is 1.17. The molecular weight excluding hydrogens is 190 g/mol. The maximum atomic E-state index is 11.3. The number of amides is 1. The predicted molar refractivity (Wildman–Crippen MR) is 58.2 cm³/mol. The van der Waals surface area contributed by atoms with Gasteiger partial charge in [0.15, 0.2) is 0 Å². The van der Waals surface area contributed by atoms with Gasteiger partial charge in [-0.05, 0) is 12.5 Å². The van der Waals surface area contributed by atoms with Crippen molar-refractivity contribution in [3.05, 3.63) is 35.9 Å². The summed E-state index contributed by atoms with van der Waals surface area (Å²) in [6.07, 6.45) is 0.600. The highest BCUT2D eigenvalue weighted by atomic mass is 16.2. The summed E-state index contributed by atoms with van der Waals surface area (Å²) < 4.78 is 0. The summed E-state index contributed by atoms with van der Waals surface area (Å²) in [5.41, 5.74) is 1.06. The van der Waals surface area contributed by atoms with Gasteiger partial charge in [-0.2, -0.15) is 0 Å². The van der Waals surface area contributed by atoms with Crippen LogP contribution in [0.25, 0.3) is 0 Å². The first kappa shape index (κ1) is 11.4. The van der Waals surface area contributed by atoms with Gasteiger partial charge in [0.05, 0.1) is 0 Å². The molecule has 1 rings (SSSR count). The van der Waals surface area contributed by atoms with Gasteiger partial charge in [-0.1, -0.05) is 30.3 Å². The number of carbonyl (C=O) groups is 2. The molecule has 1 aromatic carbocycles. The number of hydrogen-bond donors (Lipinski definition) is 1. The molecule has 0 heterocycles. The molecule has 0 spiro atoms. The lowest BCUT2D eigenvalue weighted by molar-refractivity contribution is -0.124. The van der Waals surface area contributed by atoms with Crippen LogP contribution in [-0.2, 0) is 16.1 Å². The average Bonchev–Trinajstić information content (AvgIpc) is 2.25. The molecule has 0 unspecified atom stereocenters. The minimum absolute atomic E-state index is 0.0462. The Morgan fingerprint density at radius 3 is 2.40 bits per heavy atom. The number of hydrogen-bond acceptors (Lipinski definition) is 2. The Morgan fingerprint density at radius 1 is 1.13 bits per heavy atom. The third-order valence-corrected chi connectivity index (χ3v) is 2.04. The van der Waals surface area contributed by atoms with E-state index in [1.807, 2.05) is 30.3 Å². The van der Waals surface area contributed by atoms with Crippen molar-refractivity contribution in [3.63, 3.8) is 0 Å². The third kappa shape index (κ3) is 4.96. The molecule has 3 nitrogen and oxygen atoms in total. The number of ketones is 1. The molecule has 1 aromatic rings. The lowest BCUT2D eigenvalue weighted by atomic mass is 10.2. The molecule has 0 atom stereocenters. The molecule has 15 heavy (non-hydrogen) atoms. The van der Waals surface area contributed by atoms with Crippen molar-refractivity contribution in [3.8, 4) is 0 Å². The molecule has 0 saturated carbocycles. The van der Waals surface area contributed by atoms with Crippen molar-refractivity contribution in [1.29, 1.82) is 0 Å². The van der Waals surface area contributed by atoms with Crippen LogP contribution in [0.15, 0.2) is 30.3 Å². The summed E-state index contributed by atoms with van der Waals surface area (Å²) in [4.78, 5) is 21.9. The first-order chi connectivity index (χ1) is 7.18. The molecule has 80 valence electrons. The average molecular weight is 205 g/mol. The standard InChI is InChI=1S/C12H15NO2/c1-10(14)7-8-12(15)13-9-11-5-3-2-4-6-11/h2-6H,7-9H2,1H3,(H,13,15). The zero-order chi connectivity index (χ0) is 11.1. The Labute approximate surface area is 89.5 Å². The topological polar surface area (TPSA) is 46.2 Å². The summed E-state index contributed by atoms with van der Waals surface area (Å²) in [5, 5.41) is 2.76. The van der Waals surface area contributed by atoms with Crippen LogP contribution in [0.2, 0.25) is 0 Å². The van der Waals surface area contributed by atoms with Crippen LogP contribution in [0.4, 0.5) is 0 Å². The summed E-state index contributed by atoms with van der Waals surface area (Å²) >= 11 is 0. The molecular formula is C12H15NO2. The number of benzene rings is 1. The smallest absolute Gasteiger partial charge is 0.220 e. The van der Waals surface area contributed by atoms with Gasteiger partial charge in [-0.3, -0.25) is 4.79 Å². The van der Waals surface area contributed by atoms with Crippen molar-refractivity contribution in [2.75, 3.05) is 0 Å². The molecule has 1 amide bonds. The van der Waals surface area contributed by atoms with E-state index in [1.165, 1.54) is 6.92 Å². The van der Waals surface area contributed by atoms with Gasteiger partial charge in [0.25, 0.3) is 0 Å². The van der Waals surface area contributed by atoms with Gasteiger partial charge in [0.1, 0.15) is 5.78 Å². The molecule has 0 radical (unpaired) electrons. The largest absolute Gasteiger partial charge is 0.352 e. The van der Waals surface area contributed by atoms with E-state index in [0.717, 1.165) is 5.56 Å². The van der Waals surface area contributed by atoms with E-state index in [4.69, 9.17) is 0 Å². The van der Waals surface area contributed by atoms with Gasteiger partial charge in [0, 0.05) is 19.4 Å². The fourth-order valence-corrected chi connectivity index (χ4v) is 1.17. The van der Waals surface area contributed by atoms with Gasteiger partial charge in [0.2, 0.25) is 5.91 Å². The summed E-state index contributed by atoms with van der Waals surface area (Å²) in [6.45, 7) is 2.02. The van der Waals surface area contributed by atoms with Gasteiger partial charge in [-0.25, -0.2) is 0 Å². The Morgan fingerprint density at radius 2 is 1.80 bits per heavy atom. The number of carbonyl (C=O) groups excluding carboxylic acids is 2. The maximum absolute atomic E-state index is 11.3. The molecule has 0 saturated heterocycles. The quantitative estimate of drug-likeness (QED) is 0.794. The molecule has 0 aliphatic carbocycles. The molecule has 0 aliphatic heterocycles. The predicted octanol–water partition coefficient (Wildman–Crippen LogP) is 1.67. The number of Topliss-reactive ketones (excluding diaryl/α,β-unsaturated/α-hetero) is 1. The van der Waals surface area contributed by atoms with Crippen molar-refractivity contribution in [2.24, 2.45) is 0 Å². The maximum Gasteiger partial charge on any atom is 0.220 e. The van der Waals surface area contributed by atoms with Crippen LogP contribution >= 0.6 is 0 Å². The number of nitrogens with one attached hydrogen (secondary N) is 1. The first-order valence-electron chi connectivity index (χ1n) is 4.98. The SMILES string of the molecule is CC(=O)CCC(=O)NCc1ccccc1. The second kappa shape index (κ2) is 5.96. The van der Waals surface area contributed by atoms with Crippen molar-refractivity contribution in [2.45, 2.75) is 26.3 Å². The summed E-state index contributed by atoms with van der Waals surface area (Å²) in [7, 11) is 0. The van der Waals surface area contributed by atoms with E-state index in [0.29, 0.717) is 13.0 Å². The Balaban J connectivity index is 2.26. The zero-order valence-corrected chi connectivity index (χ0v) is 8.82. The van der Waals surface area contributed by atoms with E-state index >= 15 is 0 Å². The lowest BCUT2D eigenvalue weighted by Gasteiger charge is -2.03. The number of rotatable bonds is 5. The second-order valence-electron chi connectivity index (χ2n) is 3.46. The summed E-state index contributed by atoms with van der Waals surface area (Å²) in [6, 6.07) is 9.69. The van der Waals surface area contributed by atoms with Crippen LogP contribution in [0.1, 0.15) is 25.3 Å². The van der Waals surface area contributed by atoms with Gasteiger partial charge in [-0.15, -0.1) is 0 Å². The minimum Gasteiger partial charge on any atom is -0.352 e. The Bertz CT molecular complexity index is 333. The van der Waals surface area contributed by atoms with E-state index in [1.54, 1.807) is 0 Å². The van der Waals surface area contributed by atoms with Crippen LogP contribution < -0.4 is 5.32 Å². The fraction of sp³-hybridized carbons (Fsp3) is 0.333. The molecule has 1 N–H and O–H groups in total. The molecule has 0 aliphatic rings. The highest BCUT2D eigenvalue weighted by molar-refractivity contribution is 5.83. The minimum atomic E-state index is -0.0750. The second-order valence-corrected chi connectivity index (χ2v) is 3.46. The molecule has 0 fully saturated rings. The monoisotopic (exact) mass is 205 g/mol. The summed E-state index contributed by atoms with van der Waals surface area (Å²) in [5.74, 6) is -0.0288. The van der Waals surface area contributed by atoms with E-state index in [-0.39, 0.29) is 18.1 Å². The first-order valence-corrected chi connectivity index (χ1v) is 4.98. The lowest BCUT2D eigenvalue weighted by Crippen LogP contribution is -2.22. The molecule has 0 aromatic heterocycles. The Hall–Kier alpha value is -1.64. The van der Waals surface area contributed by atoms with Crippen LogP contribution in [-0.4, -0.2) is 11.7 Å². The zero-order valence-electron chi connectivity index (χ0n) is 8.82. The highest BCUT2D eigenvalue weighted by Gasteiger charge is 2.02. The third-order valence-electron chi connectivity index (χ3n) is 2.04. The van der Waals surface area contributed by atoms with Crippen molar-refractivity contribution < 1.29 is 9.59 Å². The van der Waals surface area contributed by atoms with Crippen LogP contribution in [0.5, 0.6) is 0 Å². The van der Waals surface area contributed by atoms with Crippen LogP contribution in [0.3, 0.4) is 0 Å². The highest BCUT2D eigenvalue weighted by Crippen LogP contribution is 1.98. The molecule has 0 bridgehead atoms. The van der Waals surface area contributed by atoms with Crippen LogP contribution in [0, 0.1) is 0 Å².